The largest absolute Gasteiger partial charge is 0.437 e. The molecule has 9 nitrogen and oxygen atoms in total. The van der Waals surface area contributed by atoms with E-state index in [2.05, 4.69) is 25.2 Å². The van der Waals surface area contributed by atoms with Gasteiger partial charge in [-0.1, -0.05) is 12.1 Å². The molecule has 1 N–H and O–H groups in total. The molecule has 2 aromatic carbocycles. The Labute approximate surface area is 258 Å². The molecule has 1 fully saturated rings. The van der Waals surface area contributed by atoms with Crippen molar-refractivity contribution in [3.8, 4) is 23.0 Å². The fraction of sp³-hybridized carbons (Fsp3) is 0.273. The number of hydrogen-bond acceptors (Lipinski definition) is 7. The molecule has 0 saturated carbocycles. The minimum absolute atomic E-state index is 0.0563. The molecule has 3 aromatic heterocycles. The molecular weight excluding hydrogens is 583 g/mol. The topological polar surface area (TPSA) is 88.4 Å². The molecule has 0 radical (unpaired) electrons. The molecule has 4 heterocycles. The number of carbonyl (C=O) groups is 1. The van der Waals surface area contributed by atoms with Gasteiger partial charge < -0.3 is 19.5 Å². The number of aromatic nitrogens is 4. The molecule has 0 spiro atoms. The second kappa shape index (κ2) is 12.3. The number of rotatable bonds is 7. The lowest BCUT2D eigenvalue weighted by atomic mass is 10.0. The fourth-order valence-corrected chi connectivity index (χ4v) is 5.32. The van der Waals surface area contributed by atoms with Crippen LogP contribution in [0.4, 0.5) is 18.9 Å². The van der Waals surface area contributed by atoms with E-state index in [4.69, 9.17) is 4.74 Å². The summed E-state index contributed by atoms with van der Waals surface area (Å²) in [4.78, 5) is 30.8. The van der Waals surface area contributed by atoms with Gasteiger partial charge in [0, 0.05) is 75.2 Å². The van der Waals surface area contributed by atoms with Crippen LogP contribution in [-0.4, -0.2) is 68.5 Å². The summed E-state index contributed by atoms with van der Waals surface area (Å²) in [5.41, 5.74) is 2.55. The van der Waals surface area contributed by atoms with E-state index >= 15 is 0 Å². The van der Waals surface area contributed by atoms with Gasteiger partial charge in [-0.15, -0.1) is 0 Å². The van der Waals surface area contributed by atoms with E-state index in [1.165, 1.54) is 12.1 Å². The van der Waals surface area contributed by atoms with Crippen molar-refractivity contribution in [1.29, 1.82) is 0 Å². The number of aryl methyl sites for hydroxylation is 2. The Morgan fingerprint density at radius 2 is 1.71 bits per heavy atom. The van der Waals surface area contributed by atoms with Crippen LogP contribution in [0, 0.1) is 6.92 Å². The predicted octanol–water partition coefficient (Wildman–Crippen LogP) is 6.15. The van der Waals surface area contributed by atoms with Gasteiger partial charge in [-0.3, -0.25) is 14.7 Å². The molecule has 1 aliphatic heterocycles. The molecule has 45 heavy (non-hydrogen) atoms. The van der Waals surface area contributed by atoms with Crippen molar-refractivity contribution < 1.29 is 22.7 Å². The van der Waals surface area contributed by atoms with Gasteiger partial charge in [0.2, 0.25) is 5.88 Å². The third-order valence-corrected chi connectivity index (χ3v) is 7.95. The number of nitrogens with one attached hydrogen (secondary N) is 1. The third kappa shape index (κ3) is 6.66. The zero-order valence-electron chi connectivity index (χ0n) is 25.1. The maximum atomic E-state index is 14.1. The molecule has 0 bridgehead atoms. The smallest absolute Gasteiger partial charge is 0.416 e. The lowest BCUT2D eigenvalue weighted by Gasteiger charge is -2.33. The minimum Gasteiger partial charge on any atom is -0.437 e. The van der Waals surface area contributed by atoms with E-state index < -0.39 is 17.6 Å². The number of hydrogen-bond donors (Lipinski definition) is 1. The summed E-state index contributed by atoms with van der Waals surface area (Å²) in [6.45, 7) is 5.02. The van der Waals surface area contributed by atoms with Gasteiger partial charge in [0.15, 0.2) is 5.82 Å². The number of anilines is 1. The van der Waals surface area contributed by atoms with Gasteiger partial charge in [0.25, 0.3) is 5.91 Å². The maximum Gasteiger partial charge on any atom is 0.416 e. The number of amides is 1. The van der Waals surface area contributed by atoms with E-state index in [1.807, 2.05) is 42.7 Å². The third-order valence-electron chi connectivity index (χ3n) is 7.95. The second-order valence-corrected chi connectivity index (χ2v) is 11.2. The van der Waals surface area contributed by atoms with Crippen LogP contribution in [0.25, 0.3) is 22.4 Å². The first-order valence-corrected chi connectivity index (χ1v) is 14.5. The fourth-order valence-electron chi connectivity index (χ4n) is 5.32. The van der Waals surface area contributed by atoms with Crippen LogP contribution in [0.1, 0.15) is 27.0 Å². The lowest BCUT2D eigenvalue weighted by molar-refractivity contribution is -0.138. The van der Waals surface area contributed by atoms with E-state index in [0.29, 0.717) is 41.6 Å². The SMILES string of the molecule is Cc1ccc(C(=O)Nc2ccc(CN3CCN(C)CC3)c(C(F)(F)F)c2)cc1Oc1nc(-c2ccncc2)nc2ccn(C)c12. The standard InChI is InChI=1S/C33H32F3N7O2/c1-21-4-5-23(18-28(21)45-32-29-27(10-13-42(29)3)39-30(40-32)22-8-11-37-12-9-22)31(44)38-25-7-6-24(26(19-25)33(34,35)36)20-43-16-14-41(2)15-17-43/h4-13,18-19H,14-17,20H2,1-3H3,(H,38,44). The lowest BCUT2D eigenvalue weighted by Crippen LogP contribution is -2.44. The zero-order valence-corrected chi connectivity index (χ0v) is 25.1. The summed E-state index contributed by atoms with van der Waals surface area (Å²) in [6.07, 6.45) is 0.589. The Kier molecular flexibility index (Phi) is 8.26. The molecular formula is C33H32F3N7O2. The number of nitrogens with zero attached hydrogens (tertiary/aromatic N) is 6. The molecule has 1 aliphatic rings. The number of alkyl halides is 3. The Morgan fingerprint density at radius 3 is 2.44 bits per heavy atom. The number of carbonyl (C=O) groups excluding carboxylic acids is 1. The Balaban J connectivity index is 1.25. The monoisotopic (exact) mass is 615 g/mol. The van der Waals surface area contributed by atoms with Gasteiger partial charge in [0.05, 0.1) is 11.1 Å². The highest BCUT2D eigenvalue weighted by Crippen LogP contribution is 2.36. The highest BCUT2D eigenvalue weighted by atomic mass is 19.4. The summed E-state index contributed by atoms with van der Waals surface area (Å²) in [5, 5.41) is 2.63. The van der Waals surface area contributed by atoms with Crippen LogP contribution in [0.5, 0.6) is 11.6 Å². The number of pyridine rings is 1. The first-order valence-electron chi connectivity index (χ1n) is 14.5. The minimum atomic E-state index is -4.57. The highest BCUT2D eigenvalue weighted by Gasteiger charge is 2.34. The van der Waals surface area contributed by atoms with Gasteiger partial charge in [0.1, 0.15) is 11.3 Å². The number of ether oxygens (including phenoxy) is 1. The molecule has 1 amide bonds. The van der Waals surface area contributed by atoms with Crippen LogP contribution < -0.4 is 10.1 Å². The number of piperazine rings is 1. The number of halogens is 3. The summed E-state index contributed by atoms with van der Waals surface area (Å²) in [5.74, 6) is 0.562. The van der Waals surface area contributed by atoms with E-state index in [-0.39, 0.29) is 23.4 Å². The summed E-state index contributed by atoms with van der Waals surface area (Å²) in [6, 6.07) is 14.3. The number of fused-ring (bicyclic) bond motifs is 1. The Hall–Kier alpha value is -4.81. The molecule has 12 heteroatoms. The van der Waals surface area contributed by atoms with E-state index in [0.717, 1.165) is 30.3 Å². The van der Waals surface area contributed by atoms with E-state index in [9.17, 15) is 18.0 Å². The van der Waals surface area contributed by atoms with Crippen molar-refractivity contribution in [2.24, 2.45) is 7.05 Å². The first-order chi connectivity index (χ1) is 21.5. The molecule has 5 aromatic rings. The summed E-state index contributed by atoms with van der Waals surface area (Å²) < 4.78 is 50.4. The predicted molar refractivity (Wildman–Crippen MR) is 165 cm³/mol. The highest BCUT2D eigenvalue weighted by molar-refractivity contribution is 6.04. The Morgan fingerprint density at radius 1 is 0.956 bits per heavy atom. The van der Waals surface area contributed by atoms with Crippen molar-refractivity contribution in [2.75, 3.05) is 38.5 Å². The number of likely N-dealkylation sites (N-methyl/N-ethyl adjacent to an activating group) is 1. The quantitative estimate of drug-likeness (QED) is 0.235. The van der Waals surface area contributed by atoms with Crippen molar-refractivity contribution in [1.82, 2.24) is 29.3 Å². The average molecular weight is 616 g/mol. The van der Waals surface area contributed by atoms with Gasteiger partial charge in [-0.25, -0.2) is 4.98 Å². The normalized spacial score (nSPS) is 14.5. The molecule has 0 aliphatic carbocycles. The van der Waals surface area contributed by atoms with Crippen molar-refractivity contribution >= 4 is 22.6 Å². The molecule has 6 rings (SSSR count). The van der Waals surface area contributed by atoms with Crippen LogP contribution in [0.15, 0.2) is 73.2 Å². The van der Waals surface area contributed by atoms with Gasteiger partial charge in [-0.05, 0) is 67.6 Å². The molecule has 1 saturated heterocycles. The van der Waals surface area contributed by atoms with Gasteiger partial charge >= 0.3 is 6.18 Å². The molecule has 0 unspecified atom stereocenters. The van der Waals surface area contributed by atoms with Crippen molar-refractivity contribution in [2.45, 2.75) is 19.6 Å². The van der Waals surface area contributed by atoms with Crippen LogP contribution in [-0.2, 0) is 19.8 Å². The Bertz CT molecular complexity index is 1850. The van der Waals surface area contributed by atoms with Crippen LogP contribution >= 0.6 is 0 Å². The van der Waals surface area contributed by atoms with Crippen LogP contribution in [0.3, 0.4) is 0 Å². The molecule has 232 valence electrons. The maximum absolute atomic E-state index is 14.1. The number of benzene rings is 2. The average Bonchev–Trinajstić information content (AvgIpc) is 3.40. The first kappa shape index (κ1) is 30.2. The van der Waals surface area contributed by atoms with Crippen LogP contribution in [0.2, 0.25) is 0 Å². The van der Waals surface area contributed by atoms with Gasteiger partial charge in [-0.2, -0.15) is 18.2 Å². The summed E-state index contributed by atoms with van der Waals surface area (Å²) >= 11 is 0. The van der Waals surface area contributed by atoms with Crippen molar-refractivity contribution in [3.63, 3.8) is 0 Å². The molecule has 0 atom stereocenters. The van der Waals surface area contributed by atoms with E-state index in [1.54, 1.807) is 42.7 Å². The summed E-state index contributed by atoms with van der Waals surface area (Å²) in [7, 11) is 3.85. The zero-order chi connectivity index (χ0) is 31.7. The second-order valence-electron chi connectivity index (χ2n) is 11.2. The van der Waals surface area contributed by atoms with Crippen molar-refractivity contribution in [3.05, 3.63) is 95.4 Å².